The first kappa shape index (κ1) is 14.0. The Morgan fingerprint density at radius 1 is 1.18 bits per heavy atom. The Hall–Kier alpha value is -2.95. The summed E-state index contributed by atoms with van der Waals surface area (Å²) in [4.78, 5) is 11.4. The number of nitrogens with zero attached hydrogens (tertiary/aromatic N) is 2. The molecule has 110 valence electrons. The molecule has 3 N–H and O–H groups in total. The van der Waals surface area contributed by atoms with Gasteiger partial charge in [-0.2, -0.15) is 0 Å². The lowest BCUT2D eigenvalue weighted by molar-refractivity contribution is 0.627. The van der Waals surface area contributed by atoms with E-state index in [1.165, 1.54) is 12.1 Å². The number of allylic oxidation sites excluding steroid dienone is 1. The van der Waals surface area contributed by atoms with Crippen molar-refractivity contribution in [3.63, 3.8) is 0 Å². The van der Waals surface area contributed by atoms with Crippen molar-refractivity contribution in [1.29, 1.82) is 0 Å². The minimum Gasteiger partial charge on any atom is -0.398 e. The van der Waals surface area contributed by atoms with Crippen molar-refractivity contribution in [3.8, 4) is 0 Å². The number of nitrogens with one attached hydrogen (secondary N) is 1. The molecule has 0 saturated heterocycles. The number of aromatic amines is 1. The largest absolute Gasteiger partial charge is 0.398 e. The van der Waals surface area contributed by atoms with E-state index in [9.17, 15) is 4.39 Å². The van der Waals surface area contributed by atoms with E-state index in [0.717, 1.165) is 27.7 Å². The molecule has 3 rings (SSSR count). The van der Waals surface area contributed by atoms with Gasteiger partial charge in [0.25, 0.3) is 0 Å². The van der Waals surface area contributed by atoms with Crippen LogP contribution in [0, 0.1) is 5.82 Å². The van der Waals surface area contributed by atoms with E-state index in [1.807, 2.05) is 18.2 Å². The minimum absolute atomic E-state index is 0.291. The molecule has 2 aromatic carbocycles. The fourth-order valence-electron chi connectivity index (χ4n) is 2.32. The van der Waals surface area contributed by atoms with Gasteiger partial charge in [-0.3, -0.25) is 4.99 Å². The highest BCUT2D eigenvalue weighted by Gasteiger charge is 2.09. The van der Waals surface area contributed by atoms with Crippen molar-refractivity contribution in [3.05, 3.63) is 65.7 Å². The Morgan fingerprint density at radius 3 is 2.64 bits per heavy atom. The third kappa shape index (κ3) is 2.61. The lowest BCUT2D eigenvalue weighted by Gasteiger charge is -2.09. The zero-order valence-electron chi connectivity index (χ0n) is 12.0. The Balaban J connectivity index is 2.15. The molecule has 0 radical (unpaired) electrons. The number of H-pyrrole nitrogens is 1. The summed E-state index contributed by atoms with van der Waals surface area (Å²) < 4.78 is 13.1. The predicted molar refractivity (Wildman–Crippen MR) is 87.9 cm³/mol. The summed E-state index contributed by atoms with van der Waals surface area (Å²) in [6.07, 6.45) is 3.35. The smallest absolute Gasteiger partial charge is 0.123 e. The van der Waals surface area contributed by atoms with Gasteiger partial charge >= 0.3 is 0 Å². The highest BCUT2D eigenvalue weighted by Crippen LogP contribution is 2.24. The molecule has 1 aromatic heterocycles. The fourth-order valence-corrected chi connectivity index (χ4v) is 2.32. The molecule has 3 aromatic rings. The summed E-state index contributed by atoms with van der Waals surface area (Å²) in [6, 6.07) is 11.9. The van der Waals surface area contributed by atoms with Crippen LogP contribution in [0.1, 0.15) is 11.1 Å². The number of aromatic nitrogens is 2. The van der Waals surface area contributed by atoms with E-state index in [2.05, 4.69) is 15.0 Å². The quantitative estimate of drug-likeness (QED) is 0.575. The second-order valence-corrected chi connectivity index (χ2v) is 4.86. The van der Waals surface area contributed by atoms with Crippen molar-refractivity contribution >= 4 is 28.5 Å². The lowest BCUT2D eigenvalue weighted by Crippen LogP contribution is -2.03. The zero-order valence-corrected chi connectivity index (χ0v) is 12.0. The Kier molecular flexibility index (Phi) is 3.70. The molecule has 5 heteroatoms. The summed E-state index contributed by atoms with van der Waals surface area (Å²) in [7, 11) is 1.69. The van der Waals surface area contributed by atoms with Crippen LogP contribution in [-0.2, 0) is 0 Å². The molecule has 0 bridgehead atoms. The normalized spacial score (nSPS) is 12.8. The van der Waals surface area contributed by atoms with Crippen LogP contribution in [0.4, 0.5) is 4.39 Å². The summed E-state index contributed by atoms with van der Waals surface area (Å²) >= 11 is 0. The van der Waals surface area contributed by atoms with Gasteiger partial charge in [0.1, 0.15) is 5.82 Å². The van der Waals surface area contributed by atoms with Gasteiger partial charge in [-0.15, -0.1) is 0 Å². The first-order valence-electron chi connectivity index (χ1n) is 6.80. The molecular weight excluding hydrogens is 279 g/mol. The number of benzene rings is 2. The van der Waals surface area contributed by atoms with Gasteiger partial charge in [0.05, 0.1) is 17.4 Å². The number of aliphatic imine (C=N–C) groups is 1. The molecule has 0 spiro atoms. The van der Waals surface area contributed by atoms with Crippen molar-refractivity contribution in [2.24, 2.45) is 10.7 Å². The molecule has 0 unspecified atom stereocenters. The van der Waals surface area contributed by atoms with E-state index < -0.39 is 0 Å². The second-order valence-electron chi connectivity index (χ2n) is 4.86. The summed E-state index contributed by atoms with van der Waals surface area (Å²) in [5.41, 5.74) is 11.1. The molecule has 0 aliphatic rings. The number of rotatable bonds is 3. The van der Waals surface area contributed by atoms with Crippen molar-refractivity contribution in [2.45, 2.75) is 0 Å². The van der Waals surface area contributed by atoms with E-state index in [1.54, 1.807) is 31.7 Å². The van der Waals surface area contributed by atoms with Crippen LogP contribution in [0.2, 0.25) is 0 Å². The van der Waals surface area contributed by atoms with Crippen LogP contribution in [0.5, 0.6) is 0 Å². The van der Waals surface area contributed by atoms with Crippen LogP contribution in [0.15, 0.2) is 53.8 Å². The third-order valence-corrected chi connectivity index (χ3v) is 3.43. The molecule has 0 aliphatic carbocycles. The van der Waals surface area contributed by atoms with Crippen molar-refractivity contribution in [1.82, 2.24) is 9.97 Å². The maximum atomic E-state index is 13.1. The van der Waals surface area contributed by atoms with Gasteiger partial charge in [-0.1, -0.05) is 6.07 Å². The summed E-state index contributed by atoms with van der Waals surface area (Å²) in [5.74, 6) is -0.291. The molecule has 0 saturated carbocycles. The number of hydrogen-bond donors (Lipinski definition) is 2. The van der Waals surface area contributed by atoms with Crippen molar-refractivity contribution in [2.75, 3.05) is 7.05 Å². The van der Waals surface area contributed by atoms with E-state index in [4.69, 9.17) is 5.73 Å². The molecule has 0 amide bonds. The number of nitrogens with two attached hydrogens (primary N) is 1. The van der Waals surface area contributed by atoms with Crippen LogP contribution < -0.4 is 5.73 Å². The SMILES string of the molecule is CN=CC(=C(N)c1ccc(F)cc1)c1ccc2nc[nH]c2c1. The monoisotopic (exact) mass is 294 g/mol. The lowest BCUT2D eigenvalue weighted by atomic mass is 10.00. The van der Waals surface area contributed by atoms with Crippen LogP contribution >= 0.6 is 0 Å². The second kappa shape index (κ2) is 5.81. The Labute approximate surface area is 127 Å². The van der Waals surface area contributed by atoms with Gasteiger partial charge in [0, 0.05) is 24.5 Å². The summed E-state index contributed by atoms with van der Waals surface area (Å²) in [6.45, 7) is 0. The maximum absolute atomic E-state index is 13.1. The van der Waals surface area contributed by atoms with Crippen LogP contribution in [0.3, 0.4) is 0 Å². The number of halogens is 1. The van der Waals surface area contributed by atoms with E-state index in [0.29, 0.717) is 5.70 Å². The van der Waals surface area contributed by atoms with E-state index >= 15 is 0 Å². The number of hydrogen-bond acceptors (Lipinski definition) is 3. The average Bonchev–Trinajstić information content (AvgIpc) is 3.00. The van der Waals surface area contributed by atoms with Gasteiger partial charge in [-0.05, 0) is 47.5 Å². The molecular formula is C17H15FN4. The van der Waals surface area contributed by atoms with Gasteiger partial charge in [0.15, 0.2) is 0 Å². The highest BCUT2D eigenvalue weighted by atomic mass is 19.1. The average molecular weight is 294 g/mol. The molecule has 1 heterocycles. The number of imidazole rings is 1. The standard InChI is InChI=1S/C17H15FN4/c1-20-9-14(17(19)11-2-5-13(18)6-3-11)12-4-7-15-16(8-12)22-10-21-15/h2-10H,19H2,1H3,(H,21,22). The molecule has 0 fully saturated rings. The Morgan fingerprint density at radius 2 is 1.91 bits per heavy atom. The van der Waals surface area contributed by atoms with Crippen molar-refractivity contribution < 1.29 is 4.39 Å². The van der Waals surface area contributed by atoms with E-state index in [-0.39, 0.29) is 5.82 Å². The zero-order chi connectivity index (χ0) is 15.5. The first-order valence-corrected chi connectivity index (χ1v) is 6.80. The van der Waals surface area contributed by atoms with Gasteiger partial charge < -0.3 is 10.7 Å². The fraction of sp³-hybridized carbons (Fsp3) is 0.0588. The molecule has 4 nitrogen and oxygen atoms in total. The summed E-state index contributed by atoms with van der Waals surface area (Å²) in [5, 5.41) is 0. The third-order valence-electron chi connectivity index (χ3n) is 3.43. The maximum Gasteiger partial charge on any atom is 0.123 e. The van der Waals surface area contributed by atoms with Gasteiger partial charge in [-0.25, -0.2) is 9.37 Å². The van der Waals surface area contributed by atoms with Gasteiger partial charge in [0.2, 0.25) is 0 Å². The first-order chi connectivity index (χ1) is 10.7. The number of fused-ring (bicyclic) bond motifs is 1. The molecule has 22 heavy (non-hydrogen) atoms. The Bertz CT molecular complexity index is 860. The van der Waals surface area contributed by atoms with Crippen LogP contribution in [0.25, 0.3) is 22.3 Å². The topological polar surface area (TPSA) is 67.1 Å². The molecule has 0 atom stereocenters. The minimum atomic E-state index is -0.291. The van der Waals surface area contributed by atoms with Crippen LogP contribution in [-0.4, -0.2) is 23.2 Å². The highest BCUT2D eigenvalue weighted by molar-refractivity contribution is 6.19. The molecule has 0 aliphatic heterocycles. The predicted octanol–water partition coefficient (Wildman–Crippen LogP) is 3.23.